The van der Waals surface area contributed by atoms with Crippen LogP contribution < -0.4 is 38.5 Å². The van der Waals surface area contributed by atoms with Crippen molar-refractivity contribution in [3.63, 3.8) is 0 Å². The number of nitrogens with one attached hydrogen (secondary N) is 4. The van der Waals surface area contributed by atoms with E-state index in [0.29, 0.717) is 138 Å². The smallest absolute Gasteiger partial charge is 0.318 e. The van der Waals surface area contributed by atoms with Crippen molar-refractivity contribution < 1.29 is 38.1 Å². The number of anilines is 4. The Morgan fingerprint density at radius 1 is 0.354 bits per heavy atom. The molecule has 4 aliphatic heterocycles. The van der Waals surface area contributed by atoms with Crippen LogP contribution in [0.25, 0.3) is 43.6 Å². The van der Waals surface area contributed by atoms with E-state index in [1.54, 1.807) is 0 Å². The first-order chi connectivity index (χ1) is 69.9. The van der Waals surface area contributed by atoms with Crippen LogP contribution in [0.1, 0.15) is 179 Å². The average Bonchev–Trinajstić information content (AvgIpc) is 1.10. The summed E-state index contributed by atoms with van der Waals surface area (Å²) in [6.45, 7) is 47.4. The van der Waals surface area contributed by atoms with Crippen molar-refractivity contribution in [1.82, 2.24) is 110 Å². The highest BCUT2D eigenvalue weighted by Crippen LogP contribution is 2.48. The molecule has 0 bridgehead atoms. The Morgan fingerprint density at radius 2 is 0.646 bits per heavy atom. The van der Waals surface area contributed by atoms with E-state index >= 15 is 0 Å². The van der Waals surface area contributed by atoms with Gasteiger partial charge in [-0.1, -0.05) is 84.7 Å². The zero-order valence-corrected chi connectivity index (χ0v) is 86.1. The van der Waals surface area contributed by atoms with Crippen LogP contribution in [0.15, 0.2) is 124 Å². The number of carbonyl (C=O) groups is 4. The van der Waals surface area contributed by atoms with Gasteiger partial charge in [-0.3, -0.25) is 39.6 Å². The Labute approximate surface area is 844 Å². The lowest BCUT2D eigenvalue weighted by atomic mass is 9.73. The molecule has 4 aromatic carbocycles. The number of nitrogens with zero attached hydrogens (tertiary/aromatic N) is 22. The van der Waals surface area contributed by atoms with E-state index in [4.69, 9.17) is 58.8 Å². The van der Waals surface area contributed by atoms with Crippen molar-refractivity contribution in [3.8, 4) is 24.0 Å². The molecule has 20 rings (SSSR count). The van der Waals surface area contributed by atoms with Gasteiger partial charge < -0.3 is 67.9 Å². The number of benzene rings is 4. The number of hydrogen-bond donors (Lipinski definition) is 4. The van der Waals surface area contributed by atoms with Gasteiger partial charge in [-0.05, 0) is 268 Å². The van der Waals surface area contributed by atoms with Crippen molar-refractivity contribution in [3.05, 3.63) is 213 Å². The predicted molar refractivity (Wildman–Crippen MR) is 564 cm³/mol. The van der Waals surface area contributed by atoms with Crippen LogP contribution in [0.2, 0.25) is 0 Å². The molecule has 34 nitrogen and oxygen atoms in total. The molecular weight excluding hydrogens is 1810 g/mol. The monoisotopic (exact) mass is 1960 g/mol. The molecular formula is C110H142N26O8. The second-order valence-electron chi connectivity index (χ2n) is 40.2. The highest BCUT2D eigenvalue weighted by atomic mass is 16.5. The number of likely N-dealkylation sites (N-methyl/N-ethyl adjacent to an activating group) is 1. The van der Waals surface area contributed by atoms with Gasteiger partial charge in [0.25, 0.3) is 0 Å². The molecule has 4 N–H and O–H groups in total. The maximum atomic E-state index is 12.1. The Morgan fingerprint density at radius 3 is 0.958 bits per heavy atom. The number of hydrogen-bond acceptors (Lipinski definition) is 26. The molecule has 0 radical (unpaired) electrons. The molecule has 4 amide bonds. The van der Waals surface area contributed by atoms with Crippen molar-refractivity contribution in [2.24, 2.45) is 11.8 Å². The van der Waals surface area contributed by atoms with Gasteiger partial charge in [-0.15, -0.1) is 0 Å². The third-order valence-electron chi connectivity index (χ3n) is 30.1. The summed E-state index contributed by atoms with van der Waals surface area (Å²) in [6.07, 6.45) is 26.3. The molecule has 4 aliphatic carbocycles. The summed E-state index contributed by atoms with van der Waals surface area (Å²) in [5.74, 6) is 6.05. The molecule has 34 heteroatoms. The lowest BCUT2D eigenvalue weighted by Crippen LogP contribution is -2.49. The number of ether oxygens (including phenoxy) is 4. The van der Waals surface area contributed by atoms with Crippen LogP contribution in [0.4, 0.5) is 23.3 Å². The summed E-state index contributed by atoms with van der Waals surface area (Å²) in [7, 11) is 8.18. The number of aryl methyl sites for hydroxylation is 4. The SMILES string of the molecule is C=CC(=O)N1CCN(c2nc(OCCC)nc3c2CCC(c2c(C)ccc4[nH]ncc24)C3)CC1.C=CC(=O)N1CCN(c2nc(OCCCC)nc3c2CCC(c2c(C)ccc4[nH]ncc24)C3)CC1.C=CC(=O)N1CCN(c2nc(OCCCN(C)C)nc3c2C[C@@H](C)[C@H](c2c(C)ccc4[nH]ncc24)C3)CC1.C=CC(=O)N1CCN(c2nc(OCCN(C)C)nc3c2C[C@@H](C)[C@H](c2c(C)ccc4[nH]ncc24)C3)CC1. The van der Waals surface area contributed by atoms with Crippen LogP contribution in [0, 0.1) is 39.5 Å². The highest BCUT2D eigenvalue weighted by molar-refractivity contribution is 5.90. The first-order valence-corrected chi connectivity index (χ1v) is 51.6. The summed E-state index contributed by atoms with van der Waals surface area (Å²) in [4.78, 5) is 108. The third-order valence-corrected chi connectivity index (χ3v) is 30.1. The Hall–Kier alpha value is -13.8. The van der Waals surface area contributed by atoms with E-state index in [1.807, 2.05) is 58.5 Å². The minimum absolute atomic E-state index is 0.00964. The average molecular weight is 1960 g/mol. The molecule has 12 heterocycles. The summed E-state index contributed by atoms with van der Waals surface area (Å²) in [6, 6.07) is 19.0. The second-order valence-corrected chi connectivity index (χ2v) is 40.2. The van der Waals surface area contributed by atoms with E-state index in [1.165, 1.54) is 113 Å². The van der Waals surface area contributed by atoms with Gasteiger partial charge in [0.1, 0.15) is 29.9 Å². The van der Waals surface area contributed by atoms with Crippen LogP contribution in [-0.2, 0) is 70.5 Å². The molecule has 8 aliphatic rings. The Balaban J connectivity index is 0.000000132. The number of aromatic nitrogens is 16. The fraction of sp³-hybridized carbons (Fsp3) is 0.491. The van der Waals surface area contributed by atoms with Crippen LogP contribution >= 0.6 is 0 Å². The standard InChI is InChI=1S/C29H39N7O2.C28H37N7O2.C27H34N6O2.C26H32N6O2/c1-6-26(37)35-11-13-36(14-12-35)28-22-16-20(3)21(27-19(2)8-9-24-23(27)18-30-33-24)17-25(22)31-29(32-28)38-15-7-10-34(4)5;1-6-25(36)34-9-11-35(12-10-34)27-21-15-19(3)20(26-18(2)7-8-23-22(26)17-29-32-23)16-24(21)30-28(31-27)37-14-13-33(4)5;1-4-6-15-35-27-29-23-16-19(25-18(3)7-10-22-21(25)17-28-31-22)8-9-20(23)26(30-27)33-13-11-32(12-14-33)24(34)5-2;1-4-14-34-26-28-22-15-18(24-17(3)6-9-21-20(24)16-27-30-21)7-8-19(22)25(29-26)32-12-10-31(11-13-32)23(33)5-2/h6,8-9,18,20-21H,1,7,10-17H2,2-5H3,(H,30,33);6-8,17,19-20H,1,9-16H2,2-5H3,(H,29,32);5,7,10,17,19H,2,4,6,8-9,11-16H2,1,3H3,(H,28,31);5-6,9,16,18H,2,4,7-8,10-15H2,1,3H3,(H,27,30)/t20-,21-;19-,20-;;/m11../s1. The maximum Gasteiger partial charge on any atom is 0.318 e. The molecule has 144 heavy (non-hydrogen) atoms. The molecule has 4 fully saturated rings. The third kappa shape index (κ3) is 22.7. The second kappa shape index (κ2) is 46.3. The molecule has 760 valence electrons. The molecule has 12 aromatic rings. The zero-order chi connectivity index (χ0) is 101. The van der Waals surface area contributed by atoms with E-state index in [2.05, 4.69) is 215 Å². The van der Waals surface area contributed by atoms with Gasteiger partial charge in [-0.25, -0.2) is 0 Å². The lowest BCUT2D eigenvalue weighted by Gasteiger charge is -2.38. The van der Waals surface area contributed by atoms with Crippen molar-refractivity contribution in [1.29, 1.82) is 0 Å². The Kier molecular flexibility index (Phi) is 32.7. The van der Waals surface area contributed by atoms with E-state index < -0.39 is 0 Å². The fourth-order valence-electron chi connectivity index (χ4n) is 22.3. The largest absolute Gasteiger partial charge is 0.463 e. The minimum Gasteiger partial charge on any atom is -0.463 e. The number of H-pyrrole nitrogens is 4. The van der Waals surface area contributed by atoms with E-state index in [0.717, 1.165) is 223 Å². The number of amides is 4. The number of carbonyl (C=O) groups excluding carboxylic acids is 4. The molecule has 0 spiro atoms. The molecule has 6 atom stereocenters. The molecule has 4 saturated heterocycles. The summed E-state index contributed by atoms with van der Waals surface area (Å²) >= 11 is 0. The zero-order valence-electron chi connectivity index (χ0n) is 86.1. The highest BCUT2D eigenvalue weighted by Gasteiger charge is 2.40. The first kappa shape index (κ1) is 102. The van der Waals surface area contributed by atoms with Crippen molar-refractivity contribution in [2.45, 2.75) is 169 Å². The van der Waals surface area contributed by atoms with Gasteiger partial charge in [-0.2, -0.15) is 60.3 Å². The number of piperazine rings is 4. The number of rotatable bonds is 28. The quantitative estimate of drug-likeness (QED) is 0.0261. The number of aromatic amines is 4. The van der Waals surface area contributed by atoms with Gasteiger partial charge in [0.2, 0.25) is 23.6 Å². The first-order valence-electron chi connectivity index (χ1n) is 51.6. The van der Waals surface area contributed by atoms with Gasteiger partial charge in [0.15, 0.2) is 0 Å². The minimum atomic E-state index is -0.0164. The Bertz CT molecular complexity index is 6610. The van der Waals surface area contributed by atoms with Crippen LogP contribution in [0.5, 0.6) is 24.0 Å². The van der Waals surface area contributed by atoms with Crippen molar-refractivity contribution >= 4 is 90.5 Å². The van der Waals surface area contributed by atoms with Gasteiger partial charge in [0.05, 0.1) is 89.5 Å². The van der Waals surface area contributed by atoms with Crippen LogP contribution in [-0.4, -0.2) is 306 Å². The fourth-order valence-corrected chi connectivity index (χ4v) is 22.3. The topological polar surface area (TPSA) is 355 Å². The molecule has 8 aromatic heterocycles. The van der Waals surface area contributed by atoms with Gasteiger partial charge in [0, 0.05) is 162 Å². The van der Waals surface area contributed by atoms with Crippen LogP contribution in [0.3, 0.4) is 0 Å². The number of fused-ring (bicyclic) bond motifs is 8. The maximum absolute atomic E-state index is 12.1. The predicted octanol–water partition coefficient (Wildman–Crippen LogP) is 13.8. The van der Waals surface area contributed by atoms with Gasteiger partial charge >= 0.3 is 24.0 Å². The number of unbranched alkanes of at least 4 members (excludes halogenated alkanes) is 1. The summed E-state index contributed by atoms with van der Waals surface area (Å²) in [5, 5.41) is 34.5. The summed E-state index contributed by atoms with van der Waals surface area (Å²) < 4.78 is 24.1. The summed E-state index contributed by atoms with van der Waals surface area (Å²) in [5.41, 5.74) is 24.1. The normalized spacial score (nSPS) is 18.9. The lowest BCUT2D eigenvalue weighted by molar-refractivity contribution is -0.127. The van der Waals surface area contributed by atoms with Crippen molar-refractivity contribution in [2.75, 3.05) is 192 Å². The van der Waals surface area contributed by atoms with E-state index in [9.17, 15) is 19.2 Å². The molecule has 0 saturated carbocycles. The van der Waals surface area contributed by atoms with E-state index in [-0.39, 0.29) is 23.6 Å². The molecule has 2 unspecified atom stereocenters.